The quantitative estimate of drug-likeness (QED) is 0.413. The van der Waals surface area contributed by atoms with Crippen LogP contribution in [0.25, 0.3) is 11.3 Å². The summed E-state index contributed by atoms with van der Waals surface area (Å²) in [4.78, 5) is 24.9. The van der Waals surface area contributed by atoms with E-state index in [0.29, 0.717) is 30.4 Å². The van der Waals surface area contributed by atoms with Crippen LogP contribution < -0.4 is 14.9 Å². The minimum atomic E-state index is -0.682. The Bertz CT molecular complexity index is 1190. The van der Waals surface area contributed by atoms with E-state index >= 15 is 0 Å². The van der Waals surface area contributed by atoms with Crippen LogP contribution in [-0.2, 0) is 9.47 Å². The highest BCUT2D eigenvalue weighted by atomic mass is 16.5. The highest BCUT2D eigenvalue weighted by Gasteiger charge is 2.29. The number of aromatic nitrogens is 1. The van der Waals surface area contributed by atoms with Gasteiger partial charge in [0.05, 0.1) is 19.4 Å². The molecule has 0 amide bonds. The van der Waals surface area contributed by atoms with Gasteiger partial charge in [0.25, 0.3) is 0 Å². The van der Waals surface area contributed by atoms with Gasteiger partial charge in [-0.1, -0.05) is 30.3 Å². The van der Waals surface area contributed by atoms with Gasteiger partial charge in [-0.15, -0.1) is 0 Å². The number of aryl methyl sites for hydroxylation is 1. The fourth-order valence-corrected chi connectivity index (χ4v) is 3.75. The topological polar surface area (TPSA) is 76.0 Å². The molecule has 0 N–H and O–H groups in total. The van der Waals surface area contributed by atoms with E-state index in [1.54, 1.807) is 11.7 Å². The normalized spacial score (nSPS) is 14.2. The van der Waals surface area contributed by atoms with Gasteiger partial charge in [0.2, 0.25) is 6.23 Å². The lowest BCUT2D eigenvalue weighted by Crippen LogP contribution is -2.28. The van der Waals surface area contributed by atoms with E-state index in [9.17, 15) is 9.59 Å². The first kappa shape index (κ1) is 21.6. The number of methoxy groups -OCH3 is 2. The van der Waals surface area contributed by atoms with Gasteiger partial charge in [-0.25, -0.2) is 4.79 Å². The third-order valence-corrected chi connectivity index (χ3v) is 5.36. The first-order valence-electron chi connectivity index (χ1n) is 10.4. The molecule has 3 aromatic rings. The number of nitrogens with zero attached hydrogens (tertiary/aromatic N) is 1. The number of rotatable bonds is 7. The average Bonchev–Trinajstić information content (AvgIpc) is 2.81. The third kappa shape index (κ3) is 4.11. The summed E-state index contributed by atoms with van der Waals surface area (Å²) in [5.41, 5.74) is 2.76. The number of esters is 1. The summed E-state index contributed by atoms with van der Waals surface area (Å²) in [7, 11) is 2.91. The molecular formula is C25H25NO6. The molecule has 0 radical (unpaired) electrons. The smallest absolute Gasteiger partial charge is 0.343 e. The van der Waals surface area contributed by atoms with E-state index in [-0.39, 0.29) is 5.56 Å². The van der Waals surface area contributed by atoms with Crippen LogP contribution in [0.2, 0.25) is 0 Å². The predicted octanol–water partition coefficient (Wildman–Crippen LogP) is 3.96. The van der Waals surface area contributed by atoms with Crippen molar-refractivity contribution >= 4 is 5.97 Å². The van der Waals surface area contributed by atoms with Gasteiger partial charge in [-0.05, 0) is 18.6 Å². The number of benzene rings is 2. The van der Waals surface area contributed by atoms with E-state index in [4.69, 9.17) is 18.9 Å². The molecule has 7 nitrogen and oxygen atoms in total. The van der Waals surface area contributed by atoms with Crippen molar-refractivity contribution in [2.45, 2.75) is 19.6 Å². The monoisotopic (exact) mass is 435 g/mol. The summed E-state index contributed by atoms with van der Waals surface area (Å²) >= 11 is 0. The summed E-state index contributed by atoms with van der Waals surface area (Å²) < 4.78 is 24.0. The van der Waals surface area contributed by atoms with E-state index < -0.39 is 17.6 Å². The molecule has 0 saturated heterocycles. The predicted molar refractivity (Wildman–Crippen MR) is 119 cm³/mol. The van der Waals surface area contributed by atoms with Crippen LogP contribution in [0, 0.1) is 6.92 Å². The SMILES string of the molecule is COCCCOc1cc2c(cc1C)-c1cc(=O)c(C(=O)OC)cn1[C@@H](c1ccccc1)O2. The Morgan fingerprint density at radius 3 is 2.59 bits per heavy atom. The summed E-state index contributed by atoms with van der Waals surface area (Å²) in [6.07, 6.45) is 1.72. The molecule has 0 fully saturated rings. The summed E-state index contributed by atoms with van der Waals surface area (Å²) in [6.45, 7) is 3.09. The zero-order chi connectivity index (χ0) is 22.7. The maximum Gasteiger partial charge on any atom is 0.343 e. The number of fused-ring (bicyclic) bond motifs is 3. The van der Waals surface area contributed by atoms with E-state index in [0.717, 1.165) is 23.1 Å². The minimum absolute atomic E-state index is 0.0425. The first-order valence-corrected chi connectivity index (χ1v) is 10.4. The van der Waals surface area contributed by atoms with Crippen LogP contribution in [0.3, 0.4) is 0 Å². The zero-order valence-corrected chi connectivity index (χ0v) is 18.3. The van der Waals surface area contributed by atoms with Crippen molar-refractivity contribution in [3.8, 4) is 22.8 Å². The van der Waals surface area contributed by atoms with Crippen molar-refractivity contribution < 1.29 is 23.7 Å². The van der Waals surface area contributed by atoms with Crippen LogP contribution in [0.15, 0.2) is 59.5 Å². The molecule has 2 aromatic carbocycles. The fraction of sp³-hybridized carbons (Fsp3) is 0.280. The molecule has 7 heteroatoms. The summed E-state index contributed by atoms with van der Waals surface area (Å²) in [6, 6.07) is 14.9. The van der Waals surface area contributed by atoms with Crippen molar-refractivity contribution in [1.29, 1.82) is 0 Å². The first-order chi connectivity index (χ1) is 15.5. The second-order valence-electron chi connectivity index (χ2n) is 7.53. The van der Waals surface area contributed by atoms with Crippen LogP contribution in [0.4, 0.5) is 0 Å². The molecule has 0 spiro atoms. The van der Waals surface area contributed by atoms with Crippen LogP contribution in [-0.4, -0.2) is 38.0 Å². The van der Waals surface area contributed by atoms with E-state index in [1.165, 1.54) is 19.4 Å². The maximum atomic E-state index is 12.7. The van der Waals surface area contributed by atoms with Crippen LogP contribution >= 0.6 is 0 Å². The maximum absolute atomic E-state index is 12.7. The molecule has 2 heterocycles. The zero-order valence-electron chi connectivity index (χ0n) is 18.3. The second-order valence-corrected chi connectivity index (χ2v) is 7.53. The van der Waals surface area contributed by atoms with Crippen LogP contribution in [0.1, 0.15) is 34.1 Å². The molecule has 0 unspecified atom stereocenters. The lowest BCUT2D eigenvalue weighted by atomic mass is 10.0. The van der Waals surface area contributed by atoms with Crippen molar-refractivity contribution in [3.63, 3.8) is 0 Å². The number of pyridine rings is 1. The Labute approximate surface area is 186 Å². The Morgan fingerprint density at radius 2 is 1.88 bits per heavy atom. The third-order valence-electron chi connectivity index (χ3n) is 5.36. The van der Waals surface area contributed by atoms with Gasteiger partial charge >= 0.3 is 5.97 Å². The second kappa shape index (κ2) is 9.28. The molecule has 1 aliphatic rings. The van der Waals surface area contributed by atoms with Crippen LogP contribution in [0.5, 0.6) is 11.5 Å². The number of hydrogen-bond donors (Lipinski definition) is 0. The van der Waals surface area contributed by atoms with Gasteiger partial charge in [-0.2, -0.15) is 0 Å². The lowest BCUT2D eigenvalue weighted by molar-refractivity contribution is 0.0597. The molecule has 1 aliphatic heterocycles. The number of hydrogen-bond acceptors (Lipinski definition) is 6. The number of ether oxygens (including phenoxy) is 4. The largest absolute Gasteiger partial charge is 0.493 e. The highest BCUT2D eigenvalue weighted by molar-refractivity contribution is 5.89. The Balaban J connectivity index is 1.83. The highest BCUT2D eigenvalue weighted by Crippen LogP contribution is 2.43. The van der Waals surface area contributed by atoms with Gasteiger partial charge in [-0.3, -0.25) is 4.79 Å². The molecule has 1 aromatic heterocycles. The number of carbonyl (C=O) groups excluding carboxylic acids is 1. The molecule has 166 valence electrons. The summed E-state index contributed by atoms with van der Waals surface area (Å²) in [5, 5.41) is 0. The van der Waals surface area contributed by atoms with E-state index in [1.807, 2.05) is 49.4 Å². The Kier molecular flexibility index (Phi) is 6.28. The fourth-order valence-electron chi connectivity index (χ4n) is 3.75. The molecule has 0 bridgehead atoms. The van der Waals surface area contributed by atoms with Gasteiger partial charge in [0.15, 0.2) is 5.43 Å². The standard InChI is InChI=1S/C25H25NO6/c1-16-12-18-20-13-21(27)19(25(28)30-3)15-26(20)24(17-8-5-4-6-9-17)32-23(18)14-22(16)31-11-7-10-29-2/h4-6,8-9,12-15,24H,7,10-11H2,1-3H3/t24-/m1/s1. The van der Waals surface area contributed by atoms with E-state index in [2.05, 4.69) is 0 Å². The molecular weight excluding hydrogens is 410 g/mol. The Morgan fingerprint density at radius 1 is 1.09 bits per heavy atom. The van der Waals surface area contributed by atoms with Crippen molar-refractivity contribution in [1.82, 2.24) is 4.57 Å². The van der Waals surface area contributed by atoms with Gasteiger partial charge in [0, 0.05) is 49.6 Å². The lowest BCUT2D eigenvalue weighted by Gasteiger charge is -2.32. The molecule has 32 heavy (non-hydrogen) atoms. The minimum Gasteiger partial charge on any atom is -0.493 e. The van der Waals surface area contributed by atoms with Gasteiger partial charge < -0.3 is 23.5 Å². The van der Waals surface area contributed by atoms with Crippen molar-refractivity contribution in [2.75, 3.05) is 27.4 Å². The summed E-state index contributed by atoms with van der Waals surface area (Å²) in [5.74, 6) is 0.643. The van der Waals surface area contributed by atoms with Gasteiger partial charge in [0.1, 0.15) is 17.1 Å². The molecule has 0 aliphatic carbocycles. The average molecular weight is 435 g/mol. The van der Waals surface area contributed by atoms with Crippen molar-refractivity contribution in [2.24, 2.45) is 0 Å². The molecule has 4 rings (SSSR count). The molecule has 1 atom stereocenters. The number of carbonyl (C=O) groups is 1. The Hall–Kier alpha value is -3.58. The molecule has 0 saturated carbocycles. The van der Waals surface area contributed by atoms with Crippen molar-refractivity contribution in [3.05, 3.63) is 81.6 Å².